The van der Waals surface area contributed by atoms with E-state index in [1.165, 1.54) is 34.7 Å². The zero-order valence-corrected chi connectivity index (χ0v) is 23.6. The molecule has 0 bridgehead atoms. The van der Waals surface area contributed by atoms with Gasteiger partial charge in [0.05, 0.1) is 18.7 Å². The van der Waals surface area contributed by atoms with Crippen molar-refractivity contribution in [1.29, 1.82) is 0 Å². The molecule has 1 aliphatic rings. The molecule has 1 aliphatic heterocycles. The highest BCUT2D eigenvalue weighted by atomic mass is 16.6. The van der Waals surface area contributed by atoms with Crippen molar-refractivity contribution in [2.45, 2.75) is 78.2 Å². The Morgan fingerprint density at radius 2 is 1.56 bits per heavy atom. The van der Waals surface area contributed by atoms with Crippen LogP contribution in [0.5, 0.6) is 0 Å². The summed E-state index contributed by atoms with van der Waals surface area (Å²) in [6.45, 7) is 11.8. The van der Waals surface area contributed by atoms with Gasteiger partial charge in [-0.1, -0.05) is 18.2 Å². The van der Waals surface area contributed by atoms with Crippen molar-refractivity contribution in [2.75, 3.05) is 19.8 Å². The fourth-order valence-electron chi connectivity index (χ4n) is 4.29. The van der Waals surface area contributed by atoms with Crippen LogP contribution >= 0.6 is 0 Å². The van der Waals surface area contributed by atoms with Crippen LogP contribution in [-0.4, -0.2) is 69.0 Å². The van der Waals surface area contributed by atoms with Crippen molar-refractivity contribution in [2.24, 2.45) is 0 Å². The van der Waals surface area contributed by atoms with Crippen LogP contribution in [-0.2, 0) is 19.0 Å². The molecule has 11 nitrogen and oxygen atoms in total. The SMILES string of the molecule is Cc1cn([C@@H]2C[C@H](COCC(=O)OC(C)(C)C)N(C(=O)OC(C)(C)C)C2)c(=O)n(C(=O)c2ccccc2)c1=O. The molecule has 2 aromatic rings. The Morgan fingerprint density at radius 3 is 2.15 bits per heavy atom. The van der Waals surface area contributed by atoms with E-state index >= 15 is 0 Å². The van der Waals surface area contributed by atoms with Crippen LogP contribution in [0.3, 0.4) is 0 Å². The van der Waals surface area contributed by atoms with Gasteiger partial charge >= 0.3 is 17.8 Å². The smallest absolute Gasteiger partial charge is 0.410 e. The Labute approximate surface area is 227 Å². The summed E-state index contributed by atoms with van der Waals surface area (Å²) in [5, 5.41) is 0. The molecule has 2 heterocycles. The zero-order valence-electron chi connectivity index (χ0n) is 23.6. The number of likely N-dealkylation sites (tertiary alicyclic amines) is 1. The molecule has 2 atom stereocenters. The molecule has 1 amide bonds. The topological polar surface area (TPSA) is 126 Å². The quantitative estimate of drug-likeness (QED) is 0.509. The van der Waals surface area contributed by atoms with Crippen molar-refractivity contribution in [3.8, 4) is 0 Å². The lowest BCUT2D eigenvalue weighted by atomic mass is 10.1. The van der Waals surface area contributed by atoms with Crippen LogP contribution in [0, 0.1) is 6.92 Å². The van der Waals surface area contributed by atoms with Gasteiger partial charge in [0.2, 0.25) is 0 Å². The first-order valence-corrected chi connectivity index (χ1v) is 12.8. The van der Waals surface area contributed by atoms with E-state index in [2.05, 4.69) is 0 Å². The van der Waals surface area contributed by atoms with Crippen molar-refractivity contribution >= 4 is 18.0 Å². The second-order valence-electron chi connectivity index (χ2n) is 11.6. The summed E-state index contributed by atoms with van der Waals surface area (Å²) in [7, 11) is 0. The number of nitrogens with zero attached hydrogens (tertiary/aromatic N) is 3. The minimum atomic E-state index is -0.802. The molecule has 0 N–H and O–H groups in total. The standard InChI is InChI=1S/C28H37N3O8/c1-18-14-29(25(35)31(23(18)33)24(34)19-11-9-8-10-12-19)20-13-21(16-37-17-22(32)38-27(2,3)4)30(15-20)26(36)39-28(5,6)7/h8-12,14,20-21H,13,15-17H2,1-7H3/t20-,21-/m1/s1. The summed E-state index contributed by atoms with van der Waals surface area (Å²) in [6, 6.07) is 6.95. The molecular formula is C28H37N3O8. The fourth-order valence-corrected chi connectivity index (χ4v) is 4.29. The van der Waals surface area contributed by atoms with Gasteiger partial charge in [0.15, 0.2) is 0 Å². The molecule has 0 unspecified atom stereocenters. The van der Waals surface area contributed by atoms with Gasteiger partial charge in [-0.05, 0) is 67.0 Å². The molecule has 3 rings (SSSR count). The second-order valence-corrected chi connectivity index (χ2v) is 11.6. The predicted octanol–water partition coefficient (Wildman–Crippen LogP) is 2.92. The first-order chi connectivity index (χ1) is 18.1. The molecule has 1 saturated heterocycles. The number of carbonyl (C=O) groups is 3. The third-order valence-electron chi connectivity index (χ3n) is 5.87. The van der Waals surface area contributed by atoms with E-state index in [-0.39, 0.29) is 37.3 Å². The molecule has 0 spiro atoms. The Kier molecular flexibility index (Phi) is 8.84. The summed E-state index contributed by atoms with van der Waals surface area (Å²) in [5.41, 5.74) is -2.54. The number of esters is 1. The molecule has 1 fully saturated rings. The lowest BCUT2D eigenvalue weighted by molar-refractivity contribution is -0.160. The van der Waals surface area contributed by atoms with Crippen LogP contribution in [0.1, 0.15) is 69.9 Å². The monoisotopic (exact) mass is 543 g/mol. The summed E-state index contributed by atoms with van der Waals surface area (Å²) < 4.78 is 18.4. The Bertz CT molecular complexity index is 1330. The number of hydrogen-bond acceptors (Lipinski definition) is 8. The maximum absolute atomic E-state index is 13.5. The van der Waals surface area contributed by atoms with E-state index in [4.69, 9.17) is 14.2 Å². The molecule has 39 heavy (non-hydrogen) atoms. The number of carbonyl (C=O) groups excluding carboxylic acids is 3. The number of benzene rings is 1. The maximum atomic E-state index is 13.5. The van der Waals surface area contributed by atoms with Gasteiger partial charge in [0.1, 0.15) is 17.8 Å². The zero-order chi connectivity index (χ0) is 29.1. The minimum absolute atomic E-state index is 0.00863. The fraction of sp³-hybridized carbons (Fsp3) is 0.536. The van der Waals surface area contributed by atoms with Crippen LogP contribution in [0.4, 0.5) is 4.79 Å². The highest BCUT2D eigenvalue weighted by molar-refractivity contribution is 5.95. The van der Waals surface area contributed by atoms with Gasteiger partial charge in [-0.3, -0.25) is 14.2 Å². The molecule has 1 aromatic carbocycles. The number of aryl methyl sites for hydroxylation is 1. The van der Waals surface area contributed by atoms with E-state index in [0.29, 0.717) is 4.57 Å². The van der Waals surface area contributed by atoms with Crippen LogP contribution in [0.2, 0.25) is 0 Å². The Hall–Kier alpha value is -3.73. The third kappa shape index (κ3) is 7.66. The van der Waals surface area contributed by atoms with Gasteiger partial charge < -0.3 is 19.1 Å². The summed E-state index contributed by atoms with van der Waals surface area (Å²) in [5.74, 6) is -1.28. The Balaban J connectivity index is 1.90. The van der Waals surface area contributed by atoms with Crippen LogP contribution in [0.25, 0.3) is 0 Å². The first-order valence-electron chi connectivity index (χ1n) is 12.8. The van der Waals surface area contributed by atoms with Gasteiger partial charge in [0.25, 0.3) is 11.5 Å². The Morgan fingerprint density at radius 1 is 0.949 bits per heavy atom. The van der Waals surface area contributed by atoms with Crippen molar-refractivity contribution in [3.63, 3.8) is 0 Å². The number of amides is 1. The average Bonchev–Trinajstić information content (AvgIpc) is 3.24. The van der Waals surface area contributed by atoms with Gasteiger partial charge in [-0.2, -0.15) is 4.57 Å². The highest BCUT2D eigenvalue weighted by Gasteiger charge is 2.39. The van der Waals surface area contributed by atoms with Crippen molar-refractivity contribution < 1.29 is 28.6 Å². The number of ether oxygens (including phenoxy) is 3. The average molecular weight is 544 g/mol. The first kappa shape index (κ1) is 29.8. The summed E-state index contributed by atoms with van der Waals surface area (Å²) in [6.07, 6.45) is 1.07. The second kappa shape index (κ2) is 11.6. The third-order valence-corrected chi connectivity index (χ3v) is 5.87. The van der Waals surface area contributed by atoms with Gasteiger partial charge in [-0.25, -0.2) is 14.4 Å². The van der Waals surface area contributed by atoms with E-state index in [0.717, 1.165) is 0 Å². The molecule has 0 radical (unpaired) electrons. The predicted molar refractivity (Wildman–Crippen MR) is 143 cm³/mol. The van der Waals surface area contributed by atoms with E-state index in [1.807, 2.05) is 0 Å². The summed E-state index contributed by atoms with van der Waals surface area (Å²) >= 11 is 0. The number of hydrogen-bond donors (Lipinski definition) is 0. The molecule has 0 saturated carbocycles. The largest absolute Gasteiger partial charge is 0.458 e. The normalized spacial score (nSPS) is 17.7. The van der Waals surface area contributed by atoms with E-state index < -0.39 is 52.5 Å². The van der Waals surface area contributed by atoms with Crippen LogP contribution in [0.15, 0.2) is 46.1 Å². The van der Waals surface area contributed by atoms with Crippen LogP contribution < -0.4 is 11.2 Å². The lowest BCUT2D eigenvalue weighted by Crippen LogP contribution is -2.46. The van der Waals surface area contributed by atoms with Crippen molar-refractivity contribution in [1.82, 2.24) is 14.0 Å². The van der Waals surface area contributed by atoms with E-state index in [1.54, 1.807) is 59.7 Å². The number of rotatable bonds is 6. The van der Waals surface area contributed by atoms with Gasteiger partial charge in [0, 0.05) is 23.9 Å². The summed E-state index contributed by atoms with van der Waals surface area (Å²) in [4.78, 5) is 66.0. The molecule has 1 aromatic heterocycles. The highest BCUT2D eigenvalue weighted by Crippen LogP contribution is 2.28. The molecule has 11 heteroatoms. The molecular weight excluding hydrogens is 506 g/mol. The van der Waals surface area contributed by atoms with Crippen molar-refractivity contribution in [3.05, 3.63) is 68.5 Å². The van der Waals surface area contributed by atoms with Gasteiger partial charge in [-0.15, -0.1) is 0 Å². The molecule has 0 aliphatic carbocycles. The lowest BCUT2D eigenvalue weighted by Gasteiger charge is -2.28. The molecule has 212 valence electrons. The van der Waals surface area contributed by atoms with E-state index in [9.17, 15) is 24.0 Å². The number of aromatic nitrogens is 2. The minimum Gasteiger partial charge on any atom is -0.458 e. The maximum Gasteiger partial charge on any atom is 0.410 e.